The van der Waals surface area contributed by atoms with Crippen LogP contribution >= 0.6 is 27.3 Å². The first-order valence-electron chi connectivity index (χ1n) is 8.54. The summed E-state index contributed by atoms with van der Waals surface area (Å²) in [4.78, 5) is 15.5. The molecule has 3 aliphatic heterocycles. The quantitative estimate of drug-likeness (QED) is 0.580. The predicted octanol–water partition coefficient (Wildman–Crippen LogP) is 1.78. The van der Waals surface area contributed by atoms with Gasteiger partial charge in [0, 0.05) is 24.2 Å². The van der Waals surface area contributed by atoms with Gasteiger partial charge in [0.2, 0.25) is 5.78 Å². The van der Waals surface area contributed by atoms with E-state index < -0.39 is 0 Å². The Bertz CT molecular complexity index is 815. The highest BCUT2D eigenvalue weighted by atomic mass is 79.9. The molecule has 0 aromatic carbocycles. The lowest BCUT2D eigenvalue weighted by Gasteiger charge is -2.32. The molecule has 1 aliphatic carbocycles. The molecule has 5 atom stereocenters. The topological polar surface area (TPSA) is 56.7 Å². The largest absolute Gasteiger partial charge is 0.310 e. The van der Waals surface area contributed by atoms with Crippen LogP contribution in [0.15, 0.2) is 45.7 Å². The van der Waals surface area contributed by atoms with Crippen LogP contribution in [-0.4, -0.2) is 54.2 Å². The molecule has 5 rings (SSSR count). The van der Waals surface area contributed by atoms with Gasteiger partial charge >= 0.3 is 0 Å². The number of hydrazone groups is 1. The first-order valence-corrected chi connectivity index (χ1v) is 10.3. The number of rotatable bonds is 3. The molecular weight excluding hydrogens is 400 g/mol. The number of fused-ring (bicyclic) bond motifs is 3. The molecule has 2 fully saturated rings. The molecular formula is C18H19BrN4OS. The molecule has 3 unspecified atom stereocenters. The predicted molar refractivity (Wildman–Crippen MR) is 103 cm³/mol. The number of ketones is 1. The van der Waals surface area contributed by atoms with Crippen molar-refractivity contribution in [1.29, 1.82) is 0 Å². The third-order valence-corrected chi connectivity index (χ3v) is 7.46. The zero-order valence-electron chi connectivity index (χ0n) is 13.8. The van der Waals surface area contributed by atoms with E-state index in [1.807, 2.05) is 0 Å². The maximum Gasteiger partial charge on any atom is 0.201 e. The fourth-order valence-electron chi connectivity index (χ4n) is 4.41. The highest BCUT2D eigenvalue weighted by Crippen LogP contribution is 2.41. The number of hydrogen-bond acceptors (Lipinski definition) is 6. The van der Waals surface area contributed by atoms with E-state index in [2.05, 4.69) is 78.8 Å². The highest BCUT2D eigenvalue weighted by Gasteiger charge is 2.50. The number of nitrogens with one attached hydrogen (secondary N) is 2. The number of carbonyl (C=O) groups is 1. The van der Waals surface area contributed by atoms with Crippen molar-refractivity contribution in [3.05, 3.63) is 46.2 Å². The second-order valence-corrected chi connectivity index (χ2v) is 9.28. The Hall–Kier alpha value is -1.28. The van der Waals surface area contributed by atoms with Crippen LogP contribution in [0.4, 0.5) is 0 Å². The van der Waals surface area contributed by atoms with Crippen molar-refractivity contribution in [2.24, 2.45) is 5.10 Å². The average Bonchev–Trinajstić information content (AvgIpc) is 3.37. The van der Waals surface area contributed by atoms with E-state index in [1.165, 1.54) is 5.56 Å². The van der Waals surface area contributed by atoms with E-state index in [-0.39, 0.29) is 28.2 Å². The van der Waals surface area contributed by atoms with Gasteiger partial charge < -0.3 is 5.32 Å². The van der Waals surface area contributed by atoms with Crippen LogP contribution in [0.2, 0.25) is 0 Å². The summed E-state index contributed by atoms with van der Waals surface area (Å²) >= 11 is 5.52. The summed E-state index contributed by atoms with van der Waals surface area (Å²) in [6.07, 6.45) is 7.41. The molecule has 5 nitrogen and oxygen atoms in total. The number of carbonyl (C=O) groups excluding carboxylic acids is 1. The molecule has 130 valence electrons. The first kappa shape index (κ1) is 15.9. The van der Waals surface area contributed by atoms with Crippen LogP contribution in [-0.2, 0) is 9.12 Å². The molecule has 2 bridgehead atoms. The summed E-state index contributed by atoms with van der Waals surface area (Å²) in [5.74, 6) is 0.124. The average molecular weight is 419 g/mol. The minimum atomic E-state index is -0.370. The molecule has 2 saturated heterocycles. The van der Waals surface area contributed by atoms with E-state index in [0.717, 1.165) is 18.5 Å². The second-order valence-electron chi connectivity index (χ2n) is 7.18. The van der Waals surface area contributed by atoms with Gasteiger partial charge in [0.25, 0.3) is 0 Å². The molecule has 25 heavy (non-hydrogen) atoms. The van der Waals surface area contributed by atoms with Gasteiger partial charge in [0.1, 0.15) is 5.71 Å². The zero-order valence-corrected chi connectivity index (χ0v) is 16.2. The Balaban J connectivity index is 1.47. The lowest BCUT2D eigenvalue weighted by Crippen LogP contribution is -2.55. The van der Waals surface area contributed by atoms with Crippen molar-refractivity contribution < 1.29 is 4.79 Å². The Morgan fingerprint density at radius 1 is 1.52 bits per heavy atom. The number of hydrogen-bond donors (Lipinski definition) is 2. The maximum absolute atomic E-state index is 13.3. The summed E-state index contributed by atoms with van der Waals surface area (Å²) in [5, 5.41) is 12.1. The van der Waals surface area contributed by atoms with E-state index in [9.17, 15) is 4.79 Å². The van der Waals surface area contributed by atoms with Crippen LogP contribution in [0.1, 0.15) is 12.0 Å². The van der Waals surface area contributed by atoms with Gasteiger partial charge in [-0.15, -0.1) is 0 Å². The van der Waals surface area contributed by atoms with Crippen molar-refractivity contribution in [3.8, 4) is 0 Å². The Kier molecular flexibility index (Phi) is 3.57. The zero-order chi connectivity index (χ0) is 17.2. The van der Waals surface area contributed by atoms with Crippen LogP contribution < -0.4 is 10.7 Å². The van der Waals surface area contributed by atoms with Gasteiger partial charge in [-0.2, -0.15) is 16.4 Å². The number of piperazine rings is 1. The van der Waals surface area contributed by atoms with Crippen molar-refractivity contribution in [1.82, 2.24) is 15.6 Å². The number of likely N-dealkylation sites (N-methyl/N-ethyl adjacent to an activating group) is 1. The summed E-state index contributed by atoms with van der Waals surface area (Å²) in [6.45, 7) is 0.979. The minimum absolute atomic E-state index is 0.0138. The van der Waals surface area contributed by atoms with E-state index in [4.69, 9.17) is 0 Å². The van der Waals surface area contributed by atoms with Gasteiger partial charge in [0.15, 0.2) is 0 Å². The maximum atomic E-state index is 13.3. The number of alkyl halides is 1. The van der Waals surface area contributed by atoms with E-state index in [0.29, 0.717) is 11.8 Å². The lowest BCUT2D eigenvalue weighted by atomic mass is 9.86. The molecule has 1 aromatic rings. The van der Waals surface area contributed by atoms with Crippen LogP contribution in [0.3, 0.4) is 0 Å². The lowest BCUT2D eigenvalue weighted by molar-refractivity contribution is -0.117. The molecule has 0 radical (unpaired) electrons. The third-order valence-electron chi connectivity index (χ3n) is 5.82. The molecule has 4 heterocycles. The fraction of sp³-hybridized carbons (Fsp3) is 0.444. The summed E-state index contributed by atoms with van der Waals surface area (Å²) in [7, 11) is 2.06. The number of Topliss-reactive ketones (excluding diaryl/α,β-unsaturated/α-hetero) is 1. The second kappa shape index (κ2) is 5.61. The smallest absolute Gasteiger partial charge is 0.201 e. The molecule has 0 spiro atoms. The number of likely N-dealkylation sites (tertiary alicyclic amines) is 1. The normalized spacial score (nSPS) is 39.1. The van der Waals surface area contributed by atoms with Gasteiger partial charge in [-0.25, -0.2) is 0 Å². The van der Waals surface area contributed by atoms with Crippen molar-refractivity contribution in [2.75, 3.05) is 13.6 Å². The van der Waals surface area contributed by atoms with Crippen molar-refractivity contribution in [3.63, 3.8) is 0 Å². The highest BCUT2D eigenvalue weighted by molar-refractivity contribution is 9.09. The third kappa shape index (κ3) is 2.33. The molecule has 7 heteroatoms. The van der Waals surface area contributed by atoms with Gasteiger partial charge in [0.05, 0.1) is 16.4 Å². The first-order chi connectivity index (χ1) is 12.1. The Morgan fingerprint density at radius 2 is 2.40 bits per heavy atom. The van der Waals surface area contributed by atoms with Crippen LogP contribution in [0.25, 0.3) is 0 Å². The van der Waals surface area contributed by atoms with Crippen molar-refractivity contribution in [2.45, 2.75) is 34.9 Å². The van der Waals surface area contributed by atoms with Gasteiger partial charge in [-0.1, -0.05) is 34.2 Å². The number of nitrogens with zero attached hydrogens (tertiary/aromatic N) is 2. The Labute approximate surface area is 159 Å². The van der Waals surface area contributed by atoms with Crippen molar-refractivity contribution >= 4 is 38.8 Å². The van der Waals surface area contributed by atoms with Gasteiger partial charge in [-0.05, 0) is 35.9 Å². The molecule has 1 aromatic heterocycles. The molecule has 0 saturated carbocycles. The van der Waals surface area contributed by atoms with E-state index in [1.54, 1.807) is 11.3 Å². The molecule has 4 aliphatic rings. The number of halogens is 1. The van der Waals surface area contributed by atoms with Gasteiger partial charge in [-0.3, -0.25) is 15.1 Å². The molecule has 0 amide bonds. The van der Waals surface area contributed by atoms with Crippen LogP contribution in [0.5, 0.6) is 0 Å². The van der Waals surface area contributed by atoms with E-state index >= 15 is 0 Å². The number of allylic oxidation sites excluding steroid dienone is 2. The monoisotopic (exact) mass is 418 g/mol. The minimum Gasteiger partial charge on any atom is -0.310 e. The fourth-order valence-corrected chi connectivity index (χ4v) is 5.93. The summed E-state index contributed by atoms with van der Waals surface area (Å²) in [5.41, 5.74) is 5.85. The number of thiophene rings is 1. The SMILES string of the molecule is CN1C(C(=O)C2=NNC3C=CC(Br)(c4ccsc4)C=C23)[C@H]2C[C@H]1CN2. The Morgan fingerprint density at radius 3 is 3.12 bits per heavy atom. The standard InChI is InChI=1S/C18H19BrN4OS/c1-23-11-6-14(20-8-11)16(23)17(24)15-12-7-18(19,10-3-5-25-9-10)4-2-13(12)21-22-15/h2-5,7,9,11,13-14,16,20-21H,6,8H2,1H3/t11-,13?,14+,16?,18?/m0/s1. The summed E-state index contributed by atoms with van der Waals surface area (Å²) < 4.78 is -0.370. The van der Waals surface area contributed by atoms with Crippen LogP contribution in [0, 0.1) is 0 Å². The molecule has 2 N–H and O–H groups in total. The summed E-state index contributed by atoms with van der Waals surface area (Å²) in [6, 6.07) is 2.69.